The second-order valence-corrected chi connectivity index (χ2v) is 6.85. The molecule has 0 bridgehead atoms. The number of benzene rings is 1. The van der Waals surface area contributed by atoms with Crippen LogP contribution in [0.2, 0.25) is 5.02 Å². The second-order valence-electron chi connectivity index (χ2n) is 5.56. The third kappa shape index (κ3) is 3.79. The molecule has 0 radical (unpaired) electrons. The first-order valence-corrected chi connectivity index (χ1v) is 8.71. The Hall–Kier alpha value is -0.580. The first kappa shape index (κ1) is 16.8. The van der Waals surface area contributed by atoms with E-state index < -0.39 is 0 Å². The second kappa shape index (κ2) is 7.61. The predicted molar refractivity (Wildman–Crippen MR) is 90.7 cm³/mol. The molecule has 1 aliphatic carbocycles. The van der Waals surface area contributed by atoms with Crippen LogP contribution in [0.15, 0.2) is 22.7 Å². The van der Waals surface area contributed by atoms with Gasteiger partial charge in [0, 0.05) is 22.1 Å². The van der Waals surface area contributed by atoms with Crippen LogP contribution < -0.4 is 5.73 Å². The average molecular weight is 374 g/mol. The van der Waals surface area contributed by atoms with Gasteiger partial charge < -0.3 is 10.6 Å². The van der Waals surface area contributed by atoms with Crippen molar-refractivity contribution < 1.29 is 4.79 Å². The topological polar surface area (TPSA) is 46.3 Å². The summed E-state index contributed by atoms with van der Waals surface area (Å²) in [5, 5.41) is 0.624. The third-order valence-corrected chi connectivity index (χ3v) is 5.23. The van der Waals surface area contributed by atoms with Gasteiger partial charge in [-0.05, 0) is 66.4 Å². The van der Waals surface area contributed by atoms with Gasteiger partial charge in [-0.1, -0.05) is 24.4 Å². The normalized spacial score (nSPS) is 22.1. The number of halogens is 2. The van der Waals surface area contributed by atoms with E-state index in [2.05, 4.69) is 15.9 Å². The van der Waals surface area contributed by atoms with Gasteiger partial charge in [-0.25, -0.2) is 0 Å². The van der Waals surface area contributed by atoms with E-state index >= 15 is 0 Å². The number of rotatable bonds is 4. The fourth-order valence-corrected chi connectivity index (χ4v) is 4.07. The molecule has 1 saturated carbocycles. The minimum absolute atomic E-state index is 0.0615. The lowest BCUT2D eigenvalue weighted by atomic mass is 9.83. The van der Waals surface area contributed by atoms with Crippen molar-refractivity contribution in [3.8, 4) is 0 Å². The van der Waals surface area contributed by atoms with Crippen LogP contribution in [-0.4, -0.2) is 29.9 Å². The van der Waals surface area contributed by atoms with Crippen molar-refractivity contribution >= 4 is 33.4 Å². The molecular formula is C16H22BrClN2O. The van der Waals surface area contributed by atoms with Crippen LogP contribution in [0.5, 0.6) is 0 Å². The van der Waals surface area contributed by atoms with E-state index in [4.69, 9.17) is 17.3 Å². The van der Waals surface area contributed by atoms with Crippen LogP contribution in [0.4, 0.5) is 0 Å². The minimum Gasteiger partial charge on any atom is -0.336 e. The molecule has 0 heterocycles. The van der Waals surface area contributed by atoms with Gasteiger partial charge in [-0.3, -0.25) is 4.79 Å². The van der Waals surface area contributed by atoms with E-state index in [1.54, 1.807) is 18.2 Å². The summed E-state index contributed by atoms with van der Waals surface area (Å²) in [6.07, 6.45) is 4.56. The molecule has 116 valence electrons. The standard InChI is InChI=1S/C16H22BrClN2O/c1-2-20(15-6-4-3-5-11(15)10-19)16(21)13-8-7-12(18)9-14(13)17/h7-9,11,15H,2-6,10,19H2,1H3. The van der Waals surface area contributed by atoms with E-state index in [9.17, 15) is 4.79 Å². The molecule has 3 nitrogen and oxygen atoms in total. The quantitative estimate of drug-likeness (QED) is 0.864. The van der Waals surface area contributed by atoms with Crippen molar-refractivity contribution in [1.82, 2.24) is 4.90 Å². The summed E-state index contributed by atoms with van der Waals surface area (Å²) in [5.41, 5.74) is 6.58. The minimum atomic E-state index is 0.0615. The van der Waals surface area contributed by atoms with Gasteiger partial charge in [0.1, 0.15) is 0 Å². The smallest absolute Gasteiger partial charge is 0.255 e. The highest BCUT2D eigenvalue weighted by molar-refractivity contribution is 9.10. The Morgan fingerprint density at radius 2 is 2.14 bits per heavy atom. The Bertz CT molecular complexity index is 509. The van der Waals surface area contributed by atoms with Gasteiger partial charge in [0.05, 0.1) is 5.56 Å². The van der Waals surface area contributed by atoms with Crippen molar-refractivity contribution in [1.29, 1.82) is 0 Å². The molecule has 0 spiro atoms. The fourth-order valence-electron chi connectivity index (χ4n) is 3.22. The lowest BCUT2D eigenvalue weighted by Gasteiger charge is -2.39. The largest absolute Gasteiger partial charge is 0.336 e. The zero-order valence-corrected chi connectivity index (χ0v) is 14.7. The molecule has 0 saturated heterocycles. The molecule has 2 N–H and O–H groups in total. The Morgan fingerprint density at radius 3 is 2.76 bits per heavy atom. The first-order chi connectivity index (χ1) is 10.1. The van der Waals surface area contributed by atoms with Gasteiger partial charge >= 0.3 is 0 Å². The maximum Gasteiger partial charge on any atom is 0.255 e. The van der Waals surface area contributed by atoms with Gasteiger partial charge in [-0.15, -0.1) is 0 Å². The summed E-state index contributed by atoms with van der Waals surface area (Å²) in [6, 6.07) is 5.57. The molecule has 1 aliphatic rings. The molecule has 21 heavy (non-hydrogen) atoms. The number of hydrogen-bond acceptors (Lipinski definition) is 2. The monoisotopic (exact) mass is 372 g/mol. The maximum absolute atomic E-state index is 12.9. The van der Waals surface area contributed by atoms with Crippen molar-refractivity contribution in [2.24, 2.45) is 11.7 Å². The van der Waals surface area contributed by atoms with Crippen LogP contribution in [0, 0.1) is 5.92 Å². The number of nitrogens with zero attached hydrogens (tertiary/aromatic N) is 1. The summed E-state index contributed by atoms with van der Waals surface area (Å²) in [4.78, 5) is 14.9. The highest BCUT2D eigenvalue weighted by Gasteiger charge is 2.32. The molecule has 1 aromatic carbocycles. The van der Waals surface area contributed by atoms with Gasteiger partial charge in [0.25, 0.3) is 5.91 Å². The Kier molecular flexibility index (Phi) is 6.08. The molecule has 1 amide bonds. The van der Waals surface area contributed by atoms with Crippen molar-refractivity contribution in [2.75, 3.05) is 13.1 Å². The Morgan fingerprint density at radius 1 is 1.43 bits per heavy atom. The lowest BCUT2D eigenvalue weighted by Crippen LogP contribution is -2.48. The van der Waals surface area contributed by atoms with Gasteiger partial charge in [0.15, 0.2) is 0 Å². The number of carbonyl (C=O) groups is 1. The van der Waals surface area contributed by atoms with Gasteiger partial charge in [0.2, 0.25) is 0 Å². The first-order valence-electron chi connectivity index (χ1n) is 7.54. The summed E-state index contributed by atoms with van der Waals surface area (Å²) in [6.45, 7) is 3.38. The lowest BCUT2D eigenvalue weighted by molar-refractivity contribution is 0.0559. The van der Waals surface area contributed by atoms with E-state index in [0.29, 0.717) is 29.6 Å². The van der Waals surface area contributed by atoms with E-state index in [1.807, 2.05) is 11.8 Å². The summed E-state index contributed by atoms with van der Waals surface area (Å²) in [7, 11) is 0. The maximum atomic E-state index is 12.9. The third-order valence-electron chi connectivity index (χ3n) is 4.34. The Labute approximate surface area is 140 Å². The summed E-state index contributed by atoms with van der Waals surface area (Å²) in [5.74, 6) is 0.472. The molecule has 0 aliphatic heterocycles. The van der Waals surface area contributed by atoms with Crippen LogP contribution in [0.25, 0.3) is 0 Å². The zero-order valence-electron chi connectivity index (χ0n) is 12.3. The van der Waals surface area contributed by atoms with Gasteiger partial charge in [-0.2, -0.15) is 0 Å². The Balaban J connectivity index is 2.25. The SMILES string of the molecule is CCN(C(=O)c1ccc(Cl)cc1Br)C1CCCCC1CN. The van der Waals surface area contributed by atoms with Crippen molar-refractivity contribution in [3.05, 3.63) is 33.3 Å². The van der Waals surface area contributed by atoms with E-state index in [-0.39, 0.29) is 11.9 Å². The number of carbonyl (C=O) groups excluding carboxylic acids is 1. The van der Waals surface area contributed by atoms with Crippen LogP contribution in [-0.2, 0) is 0 Å². The molecule has 5 heteroatoms. The van der Waals surface area contributed by atoms with Crippen LogP contribution >= 0.6 is 27.5 Å². The number of hydrogen-bond donors (Lipinski definition) is 1. The zero-order chi connectivity index (χ0) is 15.4. The molecule has 0 aromatic heterocycles. The molecular weight excluding hydrogens is 352 g/mol. The predicted octanol–water partition coefficient (Wildman–Crippen LogP) is 4.08. The molecule has 2 rings (SSSR count). The molecule has 2 unspecified atom stereocenters. The van der Waals surface area contributed by atoms with Crippen LogP contribution in [0.1, 0.15) is 43.0 Å². The highest BCUT2D eigenvalue weighted by atomic mass is 79.9. The van der Waals surface area contributed by atoms with Crippen molar-refractivity contribution in [2.45, 2.75) is 38.6 Å². The highest BCUT2D eigenvalue weighted by Crippen LogP contribution is 2.30. The van der Waals surface area contributed by atoms with Crippen LogP contribution in [0.3, 0.4) is 0 Å². The number of nitrogens with two attached hydrogens (primary N) is 1. The molecule has 2 atom stereocenters. The average Bonchev–Trinajstić information content (AvgIpc) is 2.48. The fraction of sp³-hybridized carbons (Fsp3) is 0.562. The molecule has 1 fully saturated rings. The van der Waals surface area contributed by atoms with Crippen molar-refractivity contribution in [3.63, 3.8) is 0 Å². The van der Waals surface area contributed by atoms with E-state index in [1.165, 1.54) is 12.8 Å². The molecule has 1 aromatic rings. The van der Waals surface area contributed by atoms with E-state index in [0.717, 1.165) is 17.3 Å². The number of amides is 1. The summed E-state index contributed by atoms with van der Waals surface area (Å²) >= 11 is 9.40. The summed E-state index contributed by atoms with van der Waals surface area (Å²) < 4.78 is 0.749.